The molecule has 0 aliphatic carbocycles. The van der Waals surface area contributed by atoms with Gasteiger partial charge in [-0.15, -0.1) is 6.42 Å². The highest BCUT2D eigenvalue weighted by Gasteiger charge is 2.27. The third kappa shape index (κ3) is 3.85. The minimum Gasteiger partial charge on any atom is -0.366 e. The van der Waals surface area contributed by atoms with Crippen LogP contribution < -0.4 is 5.73 Å². The van der Waals surface area contributed by atoms with Crippen molar-refractivity contribution in [2.24, 2.45) is 5.73 Å². The van der Waals surface area contributed by atoms with Crippen molar-refractivity contribution in [1.29, 1.82) is 0 Å². The van der Waals surface area contributed by atoms with Crippen LogP contribution in [0.3, 0.4) is 0 Å². The Morgan fingerprint density at radius 1 is 1.32 bits per heavy atom. The molecule has 0 heterocycles. The number of unbranched alkanes of at least 4 members (excludes halogenated alkanes) is 2. The minimum atomic E-state index is -0.643. The SMILES string of the molecule is C#Cc1c(CCCC)cc(C(N)=O)c(CCCC)c1[N+](=O)[O-]. The van der Waals surface area contributed by atoms with Gasteiger partial charge in [0, 0.05) is 11.1 Å². The van der Waals surface area contributed by atoms with Gasteiger partial charge in [-0.3, -0.25) is 14.9 Å². The van der Waals surface area contributed by atoms with Gasteiger partial charge in [-0.1, -0.05) is 32.6 Å². The molecule has 2 N–H and O–H groups in total. The lowest BCUT2D eigenvalue weighted by molar-refractivity contribution is -0.385. The maximum atomic E-state index is 11.7. The molecule has 5 heteroatoms. The number of rotatable bonds is 8. The van der Waals surface area contributed by atoms with Crippen molar-refractivity contribution >= 4 is 11.6 Å². The van der Waals surface area contributed by atoms with Crippen LogP contribution in [-0.4, -0.2) is 10.8 Å². The van der Waals surface area contributed by atoms with Crippen LogP contribution in [0, 0.1) is 22.5 Å². The Kier molecular flexibility index (Phi) is 6.58. The highest BCUT2D eigenvalue weighted by molar-refractivity contribution is 5.96. The smallest absolute Gasteiger partial charge is 0.289 e. The first-order chi connectivity index (χ1) is 10.5. The summed E-state index contributed by atoms with van der Waals surface area (Å²) in [6.45, 7) is 4.00. The van der Waals surface area contributed by atoms with Crippen LogP contribution in [0.15, 0.2) is 6.07 Å². The van der Waals surface area contributed by atoms with Crippen molar-refractivity contribution < 1.29 is 9.72 Å². The molecule has 0 aromatic heterocycles. The number of hydrogen-bond donors (Lipinski definition) is 1. The zero-order valence-electron chi connectivity index (χ0n) is 13.1. The van der Waals surface area contributed by atoms with E-state index in [9.17, 15) is 14.9 Å². The topological polar surface area (TPSA) is 86.2 Å². The van der Waals surface area contributed by atoms with E-state index in [-0.39, 0.29) is 16.8 Å². The summed E-state index contributed by atoms with van der Waals surface area (Å²) in [6, 6.07) is 1.64. The highest BCUT2D eigenvalue weighted by atomic mass is 16.6. The van der Waals surface area contributed by atoms with Crippen LogP contribution >= 0.6 is 0 Å². The molecule has 0 unspecified atom stereocenters. The molecular weight excluding hydrogens is 280 g/mol. The fourth-order valence-corrected chi connectivity index (χ4v) is 2.52. The lowest BCUT2D eigenvalue weighted by Crippen LogP contribution is -2.17. The lowest BCUT2D eigenvalue weighted by atomic mass is 9.90. The zero-order valence-corrected chi connectivity index (χ0v) is 13.1. The first kappa shape index (κ1) is 17.7. The maximum Gasteiger partial charge on any atom is 0.289 e. The summed E-state index contributed by atoms with van der Waals surface area (Å²) in [7, 11) is 0. The molecule has 0 spiro atoms. The van der Waals surface area contributed by atoms with Crippen LogP contribution in [0.1, 0.15) is 66.6 Å². The number of aryl methyl sites for hydroxylation is 1. The highest BCUT2D eigenvalue weighted by Crippen LogP contribution is 2.32. The zero-order chi connectivity index (χ0) is 16.7. The molecule has 0 bridgehead atoms. The van der Waals surface area contributed by atoms with E-state index in [0.29, 0.717) is 24.0 Å². The van der Waals surface area contributed by atoms with Gasteiger partial charge < -0.3 is 5.73 Å². The number of nitro benzene ring substituents is 1. The van der Waals surface area contributed by atoms with Crippen molar-refractivity contribution in [2.45, 2.75) is 52.4 Å². The predicted molar refractivity (Wildman–Crippen MR) is 86.8 cm³/mol. The third-order valence-corrected chi connectivity index (χ3v) is 3.66. The summed E-state index contributed by atoms with van der Waals surface area (Å²) >= 11 is 0. The number of carbonyl (C=O) groups excluding carboxylic acids is 1. The second kappa shape index (κ2) is 8.18. The maximum absolute atomic E-state index is 11.7. The second-order valence-electron chi connectivity index (χ2n) is 5.26. The van der Waals surface area contributed by atoms with E-state index in [4.69, 9.17) is 12.2 Å². The van der Waals surface area contributed by atoms with Gasteiger partial charge in [0.05, 0.1) is 4.92 Å². The second-order valence-corrected chi connectivity index (χ2v) is 5.26. The van der Waals surface area contributed by atoms with Gasteiger partial charge in [-0.25, -0.2) is 0 Å². The summed E-state index contributed by atoms with van der Waals surface area (Å²) in [5, 5.41) is 11.5. The number of amides is 1. The third-order valence-electron chi connectivity index (χ3n) is 3.66. The number of nitrogens with two attached hydrogens (primary N) is 1. The molecule has 0 saturated heterocycles. The fourth-order valence-electron chi connectivity index (χ4n) is 2.52. The van der Waals surface area contributed by atoms with Crippen LogP contribution in [0.5, 0.6) is 0 Å². The molecule has 1 amide bonds. The number of nitrogens with zero attached hydrogens (tertiary/aromatic N) is 1. The molecule has 1 aromatic rings. The van der Waals surface area contributed by atoms with Crippen molar-refractivity contribution in [1.82, 2.24) is 0 Å². The minimum absolute atomic E-state index is 0.127. The Morgan fingerprint density at radius 3 is 2.36 bits per heavy atom. The Morgan fingerprint density at radius 2 is 1.91 bits per heavy atom. The first-order valence-corrected chi connectivity index (χ1v) is 7.57. The average Bonchev–Trinajstić information content (AvgIpc) is 2.49. The average molecular weight is 302 g/mol. The molecule has 0 radical (unpaired) electrons. The van der Waals surface area contributed by atoms with E-state index < -0.39 is 10.8 Å². The van der Waals surface area contributed by atoms with E-state index in [0.717, 1.165) is 25.7 Å². The summed E-state index contributed by atoms with van der Waals surface area (Å²) in [5.41, 5.74) is 6.84. The molecule has 0 aliphatic heterocycles. The van der Waals surface area contributed by atoms with E-state index in [2.05, 4.69) is 5.92 Å². The van der Waals surface area contributed by atoms with Gasteiger partial charge in [-0.2, -0.15) is 0 Å². The van der Waals surface area contributed by atoms with Gasteiger partial charge in [0.15, 0.2) is 0 Å². The van der Waals surface area contributed by atoms with Crippen molar-refractivity contribution in [3.63, 3.8) is 0 Å². The Balaban J connectivity index is 3.62. The van der Waals surface area contributed by atoms with Gasteiger partial charge >= 0.3 is 0 Å². The van der Waals surface area contributed by atoms with E-state index in [1.165, 1.54) is 0 Å². The van der Waals surface area contributed by atoms with Gasteiger partial charge in [-0.05, 0) is 37.3 Å². The number of benzene rings is 1. The monoisotopic (exact) mass is 302 g/mol. The van der Waals surface area contributed by atoms with Crippen LogP contribution in [0.2, 0.25) is 0 Å². The molecule has 22 heavy (non-hydrogen) atoms. The van der Waals surface area contributed by atoms with Crippen LogP contribution in [0.4, 0.5) is 5.69 Å². The fraction of sp³-hybridized carbons (Fsp3) is 0.471. The quantitative estimate of drug-likeness (QED) is 0.454. The number of hydrogen-bond acceptors (Lipinski definition) is 3. The molecular formula is C17H22N2O3. The Labute approximate surface area is 131 Å². The Hall–Kier alpha value is -2.35. The van der Waals surface area contributed by atoms with E-state index >= 15 is 0 Å². The number of primary amides is 1. The van der Waals surface area contributed by atoms with Crippen LogP contribution in [-0.2, 0) is 12.8 Å². The molecule has 5 nitrogen and oxygen atoms in total. The molecule has 1 aromatic carbocycles. The molecule has 0 atom stereocenters. The summed E-state index contributed by atoms with van der Waals surface area (Å²) in [4.78, 5) is 22.8. The van der Waals surface area contributed by atoms with Crippen LogP contribution in [0.25, 0.3) is 0 Å². The largest absolute Gasteiger partial charge is 0.366 e. The van der Waals surface area contributed by atoms with E-state index in [1.807, 2.05) is 13.8 Å². The van der Waals surface area contributed by atoms with Crippen molar-refractivity contribution in [3.05, 3.63) is 38.4 Å². The van der Waals surface area contributed by atoms with Gasteiger partial charge in [0.2, 0.25) is 5.91 Å². The van der Waals surface area contributed by atoms with Gasteiger partial charge in [0.25, 0.3) is 5.69 Å². The standard InChI is InChI=1S/C17H22N2O3/c1-4-7-9-12-11-15(17(18)20)14(10-8-5-2)16(19(21)22)13(12)6-3/h3,11H,4-5,7-10H2,1-2H3,(H2,18,20). The van der Waals surface area contributed by atoms with Crippen molar-refractivity contribution in [3.8, 4) is 12.3 Å². The molecule has 0 aliphatic rings. The van der Waals surface area contributed by atoms with Gasteiger partial charge in [0.1, 0.15) is 5.56 Å². The summed E-state index contributed by atoms with van der Waals surface area (Å²) < 4.78 is 0. The molecule has 0 saturated carbocycles. The van der Waals surface area contributed by atoms with Crippen molar-refractivity contribution in [2.75, 3.05) is 0 Å². The lowest BCUT2D eigenvalue weighted by Gasteiger charge is -2.13. The molecule has 0 fully saturated rings. The number of nitro groups is 1. The van der Waals surface area contributed by atoms with E-state index in [1.54, 1.807) is 6.07 Å². The predicted octanol–water partition coefficient (Wildman–Crippen LogP) is 3.36. The summed E-state index contributed by atoms with van der Waals surface area (Å²) in [6.07, 6.45) is 9.91. The molecule has 1 rings (SSSR count). The number of terminal acetylenes is 1. The molecule has 118 valence electrons. The first-order valence-electron chi connectivity index (χ1n) is 7.57. The summed E-state index contributed by atoms with van der Waals surface area (Å²) in [5.74, 6) is 1.80. The Bertz CT molecular complexity index is 615. The normalized spacial score (nSPS) is 10.2. The number of carbonyl (C=O) groups is 1.